The van der Waals surface area contributed by atoms with Gasteiger partial charge < -0.3 is 81.4 Å². The number of piperidine rings is 1. The molecule has 0 saturated carbocycles. The Morgan fingerprint density at radius 1 is 0.794 bits per heavy atom. The Balaban J connectivity index is 2.45. The van der Waals surface area contributed by atoms with Crippen LogP contribution < -0.4 is 0 Å². The monoisotopic (exact) mass is 927 g/mol. The summed E-state index contributed by atoms with van der Waals surface area (Å²) in [5.41, 5.74) is -12.3. The summed E-state index contributed by atoms with van der Waals surface area (Å²) in [4.78, 5) is 12.1. The Morgan fingerprint density at radius 2 is 1.25 bits per heavy atom. The van der Waals surface area contributed by atoms with Crippen molar-refractivity contribution in [2.75, 3.05) is 13.6 Å². The lowest BCUT2D eigenvalue weighted by Crippen LogP contribution is -2.78. The van der Waals surface area contributed by atoms with Crippen LogP contribution in [0.5, 0.6) is 28.7 Å². The molecule has 2 aromatic carbocycles. The molecule has 5 atom stereocenters. The fourth-order valence-electron chi connectivity index (χ4n) is 7.79. The first-order valence-electron chi connectivity index (χ1n) is 18.8. The zero-order valence-electron chi connectivity index (χ0n) is 34.7. The summed E-state index contributed by atoms with van der Waals surface area (Å²) >= 11 is 0. The van der Waals surface area contributed by atoms with Gasteiger partial charge in [0.25, 0.3) is 11.8 Å². The van der Waals surface area contributed by atoms with Gasteiger partial charge in [0, 0.05) is 37.0 Å². The van der Waals surface area contributed by atoms with E-state index in [0.717, 1.165) is 13.8 Å². The number of nitrogens with zero attached hydrogens (tertiary/aromatic N) is 3. The van der Waals surface area contributed by atoms with Crippen LogP contribution in [0.2, 0.25) is 0 Å². The lowest BCUT2D eigenvalue weighted by atomic mass is 9.82. The maximum absolute atomic E-state index is 15.7. The van der Waals surface area contributed by atoms with Crippen LogP contribution in [0.15, 0.2) is 0 Å². The number of hydrogen-bond acceptors (Lipinski definition) is 19. The molecule has 1 aliphatic rings. The van der Waals surface area contributed by atoms with Crippen LogP contribution in [-0.2, 0) is 22.9 Å². The van der Waals surface area contributed by atoms with Gasteiger partial charge in [-0.25, -0.2) is 9.29 Å². The van der Waals surface area contributed by atoms with Crippen LogP contribution in [0.25, 0.3) is 0 Å². The van der Waals surface area contributed by atoms with Gasteiger partial charge in [-0.3, -0.25) is 4.90 Å². The van der Waals surface area contributed by atoms with Crippen LogP contribution in [0.4, 0.5) is 30.7 Å². The minimum Gasteiger partial charge on any atom is -0.507 e. The summed E-state index contributed by atoms with van der Waals surface area (Å²) < 4.78 is 100. The Morgan fingerprint density at radius 3 is 1.67 bits per heavy atom. The number of halogens is 7. The smallest absolute Gasteiger partial charge is 0.423 e. The van der Waals surface area contributed by atoms with Gasteiger partial charge in [-0.15, -0.1) is 0 Å². The second-order valence-corrected chi connectivity index (χ2v) is 16.0. The maximum Gasteiger partial charge on any atom is 0.423 e. The highest BCUT2D eigenvalue weighted by atomic mass is 19.4. The highest BCUT2D eigenvalue weighted by Gasteiger charge is 2.65. The van der Waals surface area contributed by atoms with Crippen molar-refractivity contribution in [1.82, 2.24) is 14.7 Å². The molecule has 0 spiro atoms. The number of alkyl halides is 6. The Bertz CT molecular complexity index is 2000. The molecule has 15 N–H and O–H groups in total. The van der Waals surface area contributed by atoms with E-state index in [-0.39, 0.29) is 29.4 Å². The lowest BCUT2D eigenvalue weighted by molar-refractivity contribution is -0.511. The first-order valence-corrected chi connectivity index (χ1v) is 18.8. The number of hydrogen-bond donors (Lipinski definition) is 15. The van der Waals surface area contributed by atoms with Gasteiger partial charge in [-0.05, 0) is 71.0 Å². The van der Waals surface area contributed by atoms with Crippen molar-refractivity contribution in [2.24, 2.45) is 0 Å². The maximum atomic E-state index is 15.7. The number of benzene rings is 2. The number of carbonyl (C=O) groups excluding carboxylic acids is 1. The molecule has 0 aromatic heterocycles. The molecule has 26 heteroatoms. The van der Waals surface area contributed by atoms with E-state index in [1.807, 2.05) is 0 Å². The second-order valence-electron chi connectivity index (χ2n) is 16.0. The van der Waals surface area contributed by atoms with E-state index in [1.165, 1.54) is 6.92 Å². The quantitative estimate of drug-likeness (QED) is 0.0676. The molecule has 19 nitrogen and oxygen atoms in total. The summed E-state index contributed by atoms with van der Waals surface area (Å²) in [5, 5.41) is 165. The van der Waals surface area contributed by atoms with Crippen molar-refractivity contribution >= 4 is 5.78 Å². The van der Waals surface area contributed by atoms with E-state index in [2.05, 4.69) is 0 Å². The molecule has 0 radical (unpaired) electrons. The zero-order valence-corrected chi connectivity index (χ0v) is 34.7. The normalized spacial score (nSPS) is 19.7. The van der Waals surface area contributed by atoms with Gasteiger partial charge in [0.05, 0.1) is 5.56 Å². The molecule has 1 heterocycles. The van der Waals surface area contributed by atoms with Crippen LogP contribution >= 0.6 is 0 Å². The molecule has 360 valence electrons. The molecule has 1 saturated heterocycles. The summed E-state index contributed by atoms with van der Waals surface area (Å²) in [6, 6.07) is -4.12. The first kappa shape index (κ1) is 53.4. The van der Waals surface area contributed by atoms with Gasteiger partial charge in [0.2, 0.25) is 11.6 Å². The molecule has 0 bridgehead atoms. The SMILES string of the molecule is CCC(C)c1c(C)c(C2CC(N(C(O)(O)C(C)(O)O)C(O)(O)C(O)(O)CCC(C)=O)CCN2C(O)N(C)C(C)(O)c2c(O)c(C(F)(F)F)c(O)c(C(F)(F)F)c2O)c(O)c(O)c1F. The molecule has 1 fully saturated rings. The lowest BCUT2D eigenvalue weighted by Gasteiger charge is -2.56. The fraction of sp³-hybridized carbons (Fsp3) is 0.649. The van der Waals surface area contributed by atoms with Crippen molar-refractivity contribution in [3.63, 3.8) is 0 Å². The standard InChI is InChI=1S/C37H52F7N3O16/c1-8-14(2)19-16(4)20(25(49)29(53)24(19)38)18-13-17(47(36(60,61)32(6,56)57)37(62,63)33(58,59)11-9-15(3)48)10-12-46(18)30(54)45(7)31(5,55)21-26(50)22(34(39,40)41)28(52)23(27(21)51)35(42,43)44/h14,17-18,30,49-63H,8-13H2,1-7H3. The van der Waals surface area contributed by atoms with E-state index >= 15 is 4.39 Å². The summed E-state index contributed by atoms with van der Waals surface area (Å²) in [5.74, 6) is -29.7. The number of phenolic OH excluding ortho intramolecular Hbond substituents is 5. The molecule has 5 unspecified atom stereocenters. The predicted molar refractivity (Wildman–Crippen MR) is 197 cm³/mol. The summed E-state index contributed by atoms with van der Waals surface area (Å²) in [7, 11) is 0.606. The predicted octanol–water partition coefficient (Wildman–Crippen LogP) is 1.12. The molecular formula is C37H52F7N3O16. The van der Waals surface area contributed by atoms with Crippen molar-refractivity contribution in [3.8, 4) is 28.7 Å². The number of aliphatic hydroxyl groups excluding tert-OH is 1. The van der Waals surface area contributed by atoms with E-state index < -0.39 is 166 Å². The topological polar surface area (TPSA) is 330 Å². The number of phenols is 5. The second kappa shape index (κ2) is 17.5. The summed E-state index contributed by atoms with van der Waals surface area (Å²) in [6.45, 7) is 4.86. The van der Waals surface area contributed by atoms with E-state index in [0.29, 0.717) is 18.9 Å². The van der Waals surface area contributed by atoms with E-state index in [9.17, 15) is 108 Å². The number of Topliss-reactive ketones (excluding diaryl/α,β-unsaturated/α-hetero) is 1. The Labute approximate surface area is 353 Å². The number of aliphatic hydroxyl groups is 10. The Kier molecular flexibility index (Phi) is 14.8. The van der Waals surface area contributed by atoms with E-state index in [1.54, 1.807) is 6.92 Å². The number of carbonyl (C=O) groups is 1. The van der Waals surface area contributed by atoms with Crippen LogP contribution in [0, 0.1) is 12.7 Å². The molecule has 3 rings (SSSR count). The average molecular weight is 928 g/mol. The third kappa shape index (κ3) is 9.45. The molecular weight excluding hydrogens is 875 g/mol. The number of likely N-dealkylation sites (tertiary alicyclic amines) is 1. The fourth-order valence-corrected chi connectivity index (χ4v) is 7.79. The van der Waals surface area contributed by atoms with Gasteiger partial charge in [0.1, 0.15) is 34.2 Å². The average Bonchev–Trinajstić information content (AvgIpc) is 3.10. The third-order valence-electron chi connectivity index (χ3n) is 11.6. The first-order chi connectivity index (χ1) is 28.2. The third-order valence-corrected chi connectivity index (χ3v) is 11.6. The summed E-state index contributed by atoms with van der Waals surface area (Å²) in [6.07, 6.45) is -18.6. The van der Waals surface area contributed by atoms with E-state index in [4.69, 9.17) is 0 Å². The van der Waals surface area contributed by atoms with Crippen molar-refractivity contribution < 1.29 is 112 Å². The van der Waals surface area contributed by atoms with Gasteiger partial charge in [-0.2, -0.15) is 31.2 Å². The molecule has 1 aliphatic heterocycles. The number of aromatic hydroxyl groups is 5. The molecule has 0 aliphatic carbocycles. The molecule has 63 heavy (non-hydrogen) atoms. The highest BCUT2D eigenvalue weighted by Crippen LogP contribution is 2.57. The van der Waals surface area contributed by atoms with Crippen LogP contribution in [-0.4, -0.2) is 146 Å². The van der Waals surface area contributed by atoms with Gasteiger partial charge >= 0.3 is 12.4 Å². The van der Waals surface area contributed by atoms with Gasteiger partial charge in [0.15, 0.2) is 29.4 Å². The van der Waals surface area contributed by atoms with Crippen molar-refractivity contribution in [1.29, 1.82) is 0 Å². The minimum atomic E-state index is -6.00. The highest BCUT2D eigenvalue weighted by molar-refractivity contribution is 5.75. The minimum absolute atomic E-state index is 0.132. The van der Waals surface area contributed by atoms with Crippen LogP contribution in [0.1, 0.15) is 112 Å². The van der Waals surface area contributed by atoms with Gasteiger partial charge in [-0.1, -0.05) is 13.8 Å². The molecule has 2 aromatic rings. The van der Waals surface area contributed by atoms with Crippen molar-refractivity contribution in [2.45, 2.75) is 139 Å². The Hall–Kier alpha value is -3.90. The largest absolute Gasteiger partial charge is 0.507 e. The number of ketones is 1. The zero-order chi connectivity index (χ0) is 49.3. The van der Waals surface area contributed by atoms with Crippen LogP contribution in [0.3, 0.4) is 0 Å². The van der Waals surface area contributed by atoms with Crippen molar-refractivity contribution in [3.05, 3.63) is 39.2 Å². The number of rotatable bonds is 15. The molecule has 0 amide bonds.